The average Bonchev–Trinajstić information content (AvgIpc) is 3.23. The molecule has 0 aliphatic heterocycles. The van der Waals surface area contributed by atoms with E-state index in [-0.39, 0.29) is 0 Å². The lowest BCUT2D eigenvalue weighted by molar-refractivity contribution is 0.230. The number of ether oxygens (including phenoxy) is 1. The molecule has 24 heavy (non-hydrogen) atoms. The second-order valence-electron chi connectivity index (χ2n) is 5.25. The van der Waals surface area contributed by atoms with E-state index in [2.05, 4.69) is 50.0 Å². The molecule has 0 unspecified atom stereocenters. The van der Waals surface area contributed by atoms with Crippen LogP contribution in [0.4, 0.5) is 0 Å². The molecule has 1 aromatic carbocycles. The van der Waals surface area contributed by atoms with E-state index in [1.54, 1.807) is 18.4 Å². The molecule has 2 aromatic heterocycles. The van der Waals surface area contributed by atoms with E-state index in [9.17, 15) is 0 Å². The Bertz CT molecular complexity index is 802. The van der Waals surface area contributed by atoms with Crippen LogP contribution in [0.15, 0.2) is 44.7 Å². The minimum absolute atomic E-state index is 0.582. The molecule has 3 rings (SSSR count). The molecule has 0 radical (unpaired) electrons. The number of rotatable bonds is 7. The molecule has 3 aromatic rings. The van der Waals surface area contributed by atoms with Crippen molar-refractivity contribution in [1.82, 2.24) is 15.0 Å². The van der Waals surface area contributed by atoms with Crippen molar-refractivity contribution >= 4 is 27.3 Å². The maximum Gasteiger partial charge on any atom is 0.241 e. The third-order valence-electron chi connectivity index (χ3n) is 3.61. The summed E-state index contributed by atoms with van der Waals surface area (Å²) in [7, 11) is 1.64. The minimum atomic E-state index is 0.582. The van der Waals surface area contributed by atoms with Gasteiger partial charge in [-0.15, -0.1) is 11.3 Å². The first-order chi connectivity index (χ1) is 11.7. The molecular formula is C17H18BrN3O2S. The summed E-state index contributed by atoms with van der Waals surface area (Å²) >= 11 is 5.24. The zero-order valence-corrected chi connectivity index (χ0v) is 15.9. The van der Waals surface area contributed by atoms with Crippen molar-refractivity contribution in [1.29, 1.82) is 0 Å². The third-order valence-corrected chi connectivity index (χ3v) is 5.22. The summed E-state index contributed by atoms with van der Waals surface area (Å²) in [5, 5.41) is 4.09. The third kappa shape index (κ3) is 4.23. The summed E-state index contributed by atoms with van der Waals surface area (Å²) < 4.78 is 11.8. The Kier molecular flexibility index (Phi) is 5.65. The van der Waals surface area contributed by atoms with Gasteiger partial charge in [0.2, 0.25) is 11.7 Å². The summed E-state index contributed by atoms with van der Waals surface area (Å²) in [6.07, 6.45) is 0. The Morgan fingerprint density at radius 3 is 2.83 bits per heavy atom. The Morgan fingerprint density at radius 2 is 2.12 bits per heavy atom. The van der Waals surface area contributed by atoms with Gasteiger partial charge in [-0.05, 0) is 46.7 Å². The lowest BCUT2D eigenvalue weighted by Crippen LogP contribution is -2.21. The van der Waals surface area contributed by atoms with Gasteiger partial charge in [0.15, 0.2) is 0 Å². The van der Waals surface area contributed by atoms with Crippen LogP contribution in [-0.4, -0.2) is 28.7 Å². The van der Waals surface area contributed by atoms with Crippen molar-refractivity contribution in [2.75, 3.05) is 13.7 Å². The van der Waals surface area contributed by atoms with Crippen LogP contribution in [0, 0.1) is 0 Å². The highest BCUT2D eigenvalue weighted by Gasteiger charge is 2.13. The predicted octanol–water partition coefficient (Wildman–Crippen LogP) is 4.59. The van der Waals surface area contributed by atoms with E-state index in [1.807, 2.05) is 24.3 Å². The van der Waals surface area contributed by atoms with E-state index in [1.165, 1.54) is 4.88 Å². The Balaban J connectivity index is 1.70. The van der Waals surface area contributed by atoms with Crippen LogP contribution in [-0.2, 0) is 13.1 Å². The number of benzene rings is 1. The van der Waals surface area contributed by atoms with Gasteiger partial charge in [0.25, 0.3) is 0 Å². The first-order valence-corrected chi connectivity index (χ1v) is 9.22. The van der Waals surface area contributed by atoms with Crippen LogP contribution in [0.2, 0.25) is 0 Å². The van der Waals surface area contributed by atoms with Crippen molar-refractivity contribution in [3.63, 3.8) is 0 Å². The SMILES string of the molecule is CCN(Cc1nc(-c2cccc(OC)c2)no1)Cc1ccc(Br)s1. The van der Waals surface area contributed by atoms with Crippen LogP contribution in [0.3, 0.4) is 0 Å². The lowest BCUT2D eigenvalue weighted by atomic mass is 10.2. The maximum atomic E-state index is 5.42. The van der Waals surface area contributed by atoms with E-state index in [0.717, 1.165) is 28.2 Å². The van der Waals surface area contributed by atoms with Crippen molar-refractivity contribution in [2.45, 2.75) is 20.0 Å². The molecule has 7 heteroatoms. The van der Waals surface area contributed by atoms with Crippen LogP contribution in [0.1, 0.15) is 17.7 Å². The molecular weight excluding hydrogens is 390 g/mol. The fourth-order valence-corrected chi connectivity index (χ4v) is 3.85. The van der Waals surface area contributed by atoms with E-state index < -0.39 is 0 Å². The Morgan fingerprint density at radius 1 is 1.25 bits per heavy atom. The van der Waals surface area contributed by atoms with Crippen LogP contribution >= 0.6 is 27.3 Å². The molecule has 0 N–H and O–H groups in total. The van der Waals surface area contributed by atoms with Gasteiger partial charge in [-0.2, -0.15) is 4.98 Å². The van der Waals surface area contributed by atoms with Gasteiger partial charge < -0.3 is 9.26 Å². The predicted molar refractivity (Wildman–Crippen MR) is 98.1 cm³/mol. The number of aromatic nitrogens is 2. The number of hydrogen-bond donors (Lipinski definition) is 0. The van der Waals surface area contributed by atoms with Crippen molar-refractivity contribution < 1.29 is 9.26 Å². The molecule has 0 fully saturated rings. The quantitative estimate of drug-likeness (QED) is 0.572. The number of thiophene rings is 1. The minimum Gasteiger partial charge on any atom is -0.497 e. The zero-order valence-electron chi connectivity index (χ0n) is 13.5. The zero-order chi connectivity index (χ0) is 16.9. The number of nitrogens with zero attached hydrogens (tertiary/aromatic N) is 3. The van der Waals surface area contributed by atoms with Crippen molar-refractivity contribution in [3.8, 4) is 17.1 Å². The monoisotopic (exact) mass is 407 g/mol. The Hall–Kier alpha value is -1.70. The van der Waals surface area contributed by atoms with Crippen molar-refractivity contribution in [3.05, 3.63) is 51.0 Å². The first-order valence-electron chi connectivity index (χ1n) is 7.61. The summed E-state index contributed by atoms with van der Waals surface area (Å²) in [5.41, 5.74) is 0.884. The van der Waals surface area contributed by atoms with Gasteiger partial charge in [0.1, 0.15) is 5.75 Å². The second-order valence-corrected chi connectivity index (χ2v) is 7.80. The molecule has 2 heterocycles. The number of halogens is 1. The topological polar surface area (TPSA) is 51.4 Å². The molecule has 0 saturated heterocycles. The molecule has 0 bridgehead atoms. The summed E-state index contributed by atoms with van der Waals surface area (Å²) in [6, 6.07) is 11.8. The standard InChI is InChI=1S/C17H18BrN3O2S/c1-3-21(10-14-7-8-15(18)24-14)11-16-19-17(20-23-16)12-5-4-6-13(9-12)22-2/h4-9H,3,10-11H2,1-2H3. The largest absolute Gasteiger partial charge is 0.497 e. The molecule has 0 amide bonds. The van der Waals surface area contributed by atoms with Crippen LogP contribution in [0.25, 0.3) is 11.4 Å². The molecule has 0 aliphatic rings. The fraction of sp³-hybridized carbons (Fsp3) is 0.294. The van der Waals surface area contributed by atoms with Crippen LogP contribution < -0.4 is 4.74 Å². The van der Waals surface area contributed by atoms with Crippen LogP contribution in [0.5, 0.6) is 5.75 Å². The molecule has 5 nitrogen and oxygen atoms in total. The molecule has 0 saturated carbocycles. The highest BCUT2D eigenvalue weighted by molar-refractivity contribution is 9.11. The lowest BCUT2D eigenvalue weighted by Gasteiger charge is -2.16. The van der Waals surface area contributed by atoms with Gasteiger partial charge in [-0.3, -0.25) is 4.90 Å². The van der Waals surface area contributed by atoms with E-state index in [4.69, 9.17) is 9.26 Å². The fourth-order valence-electron chi connectivity index (χ4n) is 2.33. The molecule has 0 aliphatic carbocycles. The smallest absolute Gasteiger partial charge is 0.241 e. The van der Waals surface area contributed by atoms with E-state index >= 15 is 0 Å². The highest BCUT2D eigenvalue weighted by atomic mass is 79.9. The maximum absolute atomic E-state index is 5.42. The normalized spacial score (nSPS) is 11.2. The van der Waals surface area contributed by atoms with Gasteiger partial charge in [-0.25, -0.2) is 0 Å². The number of methoxy groups -OCH3 is 1. The summed E-state index contributed by atoms with van der Waals surface area (Å²) in [6.45, 7) is 4.53. The van der Waals surface area contributed by atoms with Gasteiger partial charge in [0, 0.05) is 17.0 Å². The van der Waals surface area contributed by atoms with Gasteiger partial charge in [0.05, 0.1) is 17.4 Å². The van der Waals surface area contributed by atoms with E-state index in [0.29, 0.717) is 18.3 Å². The first kappa shape index (κ1) is 17.1. The number of hydrogen-bond acceptors (Lipinski definition) is 6. The molecule has 126 valence electrons. The highest BCUT2D eigenvalue weighted by Crippen LogP contribution is 2.24. The summed E-state index contributed by atoms with van der Waals surface area (Å²) in [5.74, 6) is 1.97. The average molecular weight is 408 g/mol. The van der Waals surface area contributed by atoms with Gasteiger partial charge in [-0.1, -0.05) is 24.2 Å². The Labute approximate surface area is 153 Å². The second kappa shape index (κ2) is 7.92. The molecule has 0 atom stereocenters. The molecule has 0 spiro atoms. The summed E-state index contributed by atoms with van der Waals surface area (Å²) in [4.78, 5) is 8.08. The van der Waals surface area contributed by atoms with Gasteiger partial charge >= 0.3 is 0 Å². The van der Waals surface area contributed by atoms with Crippen molar-refractivity contribution in [2.24, 2.45) is 0 Å².